The van der Waals surface area contributed by atoms with Crippen LogP contribution in [0.25, 0.3) is 11.3 Å². The third-order valence-electron chi connectivity index (χ3n) is 3.30. The van der Waals surface area contributed by atoms with Crippen molar-refractivity contribution in [2.75, 3.05) is 13.1 Å². The molecule has 0 saturated heterocycles. The standard InChI is InChI=1S/C18H19ClN2O2/c1-3-11-21(12-4-2)18(22)10-9-17-20-13-16(23-17)14-7-5-6-8-15(14)19/h3-8,13H,1-2,9-12H2. The van der Waals surface area contributed by atoms with Gasteiger partial charge in [0.1, 0.15) is 0 Å². The van der Waals surface area contributed by atoms with Gasteiger partial charge >= 0.3 is 0 Å². The van der Waals surface area contributed by atoms with Gasteiger partial charge in [-0.05, 0) is 12.1 Å². The monoisotopic (exact) mass is 330 g/mol. The fourth-order valence-electron chi connectivity index (χ4n) is 2.17. The van der Waals surface area contributed by atoms with Crippen LogP contribution in [0.5, 0.6) is 0 Å². The minimum atomic E-state index is 0.0160. The molecule has 1 aromatic heterocycles. The van der Waals surface area contributed by atoms with Crippen LogP contribution in [0.1, 0.15) is 12.3 Å². The molecule has 1 amide bonds. The molecule has 1 heterocycles. The van der Waals surface area contributed by atoms with Gasteiger partial charge < -0.3 is 9.32 Å². The molecule has 120 valence electrons. The summed E-state index contributed by atoms with van der Waals surface area (Å²) >= 11 is 6.14. The number of carbonyl (C=O) groups is 1. The van der Waals surface area contributed by atoms with Crippen LogP contribution in [-0.2, 0) is 11.2 Å². The van der Waals surface area contributed by atoms with Crippen molar-refractivity contribution in [3.63, 3.8) is 0 Å². The summed E-state index contributed by atoms with van der Waals surface area (Å²) in [5.41, 5.74) is 0.791. The van der Waals surface area contributed by atoms with Crippen molar-refractivity contribution < 1.29 is 9.21 Å². The van der Waals surface area contributed by atoms with Crippen LogP contribution in [0, 0.1) is 0 Å². The quantitative estimate of drug-likeness (QED) is 0.684. The summed E-state index contributed by atoms with van der Waals surface area (Å²) in [5, 5.41) is 0.606. The van der Waals surface area contributed by atoms with Gasteiger partial charge in [-0.15, -0.1) is 13.2 Å². The molecule has 2 rings (SSSR count). The van der Waals surface area contributed by atoms with Crippen molar-refractivity contribution in [2.45, 2.75) is 12.8 Å². The van der Waals surface area contributed by atoms with Gasteiger partial charge in [0.25, 0.3) is 0 Å². The van der Waals surface area contributed by atoms with E-state index in [0.717, 1.165) is 5.56 Å². The van der Waals surface area contributed by atoms with E-state index >= 15 is 0 Å². The number of hydrogen-bond donors (Lipinski definition) is 0. The second-order valence-corrected chi connectivity index (χ2v) is 5.38. The van der Waals surface area contributed by atoms with E-state index in [9.17, 15) is 4.79 Å². The number of rotatable bonds is 8. The largest absolute Gasteiger partial charge is 0.441 e. The molecule has 1 aromatic carbocycles. The highest BCUT2D eigenvalue weighted by molar-refractivity contribution is 6.33. The number of aromatic nitrogens is 1. The van der Waals surface area contributed by atoms with E-state index in [2.05, 4.69) is 18.1 Å². The van der Waals surface area contributed by atoms with E-state index < -0.39 is 0 Å². The smallest absolute Gasteiger partial charge is 0.223 e. The first-order valence-corrected chi connectivity index (χ1v) is 7.72. The maximum Gasteiger partial charge on any atom is 0.223 e. The molecule has 0 saturated carbocycles. The number of hydrogen-bond acceptors (Lipinski definition) is 3. The Morgan fingerprint density at radius 2 is 1.96 bits per heavy atom. The van der Waals surface area contributed by atoms with E-state index in [4.69, 9.17) is 16.0 Å². The minimum Gasteiger partial charge on any atom is -0.441 e. The van der Waals surface area contributed by atoms with Gasteiger partial charge in [-0.2, -0.15) is 0 Å². The summed E-state index contributed by atoms with van der Waals surface area (Å²) < 4.78 is 5.69. The molecule has 4 nitrogen and oxygen atoms in total. The summed E-state index contributed by atoms with van der Waals surface area (Å²) in [5.74, 6) is 1.14. The maximum absolute atomic E-state index is 12.2. The fourth-order valence-corrected chi connectivity index (χ4v) is 2.40. The maximum atomic E-state index is 12.2. The highest BCUT2D eigenvalue weighted by Crippen LogP contribution is 2.28. The van der Waals surface area contributed by atoms with E-state index in [0.29, 0.717) is 42.6 Å². The highest BCUT2D eigenvalue weighted by Gasteiger charge is 2.14. The molecular weight excluding hydrogens is 312 g/mol. The van der Waals surface area contributed by atoms with Crippen molar-refractivity contribution in [3.05, 3.63) is 66.7 Å². The van der Waals surface area contributed by atoms with E-state index in [-0.39, 0.29) is 5.91 Å². The Bertz CT molecular complexity index is 684. The lowest BCUT2D eigenvalue weighted by atomic mass is 10.2. The van der Waals surface area contributed by atoms with E-state index in [1.165, 1.54) is 0 Å². The first-order valence-electron chi connectivity index (χ1n) is 7.35. The van der Waals surface area contributed by atoms with Crippen molar-refractivity contribution in [3.8, 4) is 11.3 Å². The van der Waals surface area contributed by atoms with Crippen molar-refractivity contribution in [1.29, 1.82) is 0 Å². The molecule has 2 aromatic rings. The van der Waals surface area contributed by atoms with Gasteiger partial charge in [0.2, 0.25) is 5.91 Å². The summed E-state index contributed by atoms with van der Waals surface area (Å²) in [6.07, 6.45) is 5.79. The normalized spacial score (nSPS) is 10.3. The number of halogens is 1. The Morgan fingerprint density at radius 3 is 2.61 bits per heavy atom. The Labute approximate surface area is 141 Å². The zero-order valence-electron chi connectivity index (χ0n) is 12.9. The Balaban J connectivity index is 1.99. The third kappa shape index (κ3) is 4.57. The number of aryl methyl sites for hydroxylation is 1. The zero-order chi connectivity index (χ0) is 16.7. The van der Waals surface area contributed by atoms with Gasteiger partial charge in [-0.3, -0.25) is 4.79 Å². The lowest BCUT2D eigenvalue weighted by molar-refractivity contribution is -0.130. The van der Waals surface area contributed by atoms with Crippen molar-refractivity contribution in [1.82, 2.24) is 9.88 Å². The lowest BCUT2D eigenvalue weighted by Gasteiger charge is -2.18. The van der Waals surface area contributed by atoms with Crippen LogP contribution in [0.3, 0.4) is 0 Å². The number of carbonyl (C=O) groups excluding carboxylic acids is 1. The molecule has 0 unspecified atom stereocenters. The van der Waals surface area contributed by atoms with Crippen LogP contribution in [-0.4, -0.2) is 28.9 Å². The van der Waals surface area contributed by atoms with Crippen LogP contribution in [0.2, 0.25) is 5.02 Å². The van der Waals surface area contributed by atoms with Crippen LogP contribution < -0.4 is 0 Å². The molecular formula is C18H19ClN2O2. The van der Waals surface area contributed by atoms with E-state index in [1.807, 2.05) is 18.2 Å². The van der Waals surface area contributed by atoms with Gasteiger partial charge in [0.15, 0.2) is 11.7 Å². The van der Waals surface area contributed by atoms with E-state index in [1.54, 1.807) is 29.3 Å². The van der Waals surface area contributed by atoms with Gasteiger partial charge in [0.05, 0.1) is 11.2 Å². The Kier molecular flexibility index (Phi) is 6.18. The molecule has 0 bridgehead atoms. The number of benzene rings is 1. The minimum absolute atomic E-state index is 0.0160. The molecule has 23 heavy (non-hydrogen) atoms. The first-order chi connectivity index (χ1) is 11.2. The average molecular weight is 331 g/mol. The lowest BCUT2D eigenvalue weighted by Crippen LogP contribution is -2.31. The van der Waals surface area contributed by atoms with Gasteiger partial charge in [0, 0.05) is 31.5 Å². The second kappa shape index (κ2) is 8.34. The molecule has 0 aliphatic rings. The molecule has 0 spiro atoms. The third-order valence-corrected chi connectivity index (χ3v) is 3.63. The molecule has 0 fully saturated rings. The average Bonchev–Trinajstić information content (AvgIpc) is 3.01. The van der Waals surface area contributed by atoms with Gasteiger partial charge in [-0.25, -0.2) is 4.98 Å². The topological polar surface area (TPSA) is 46.3 Å². The molecule has 0 N–H and O–H groups in total. The molecule has 0 aliphatic carbocycles. The molecule has 5 heteroatoms. The Hall–Kier alpha value is -2.33. The zero-order valence-corrected chi connectivity index (χ0v) is 13.6. The number of oxazole rings is 1. The fraction of sp³-hybridized carbons (Fsp3) is 0.222. The van der Waals surface area contributed by atoms with Gasteiger partial charge in [-0.1, -0.05) is 35.9 Å². The SMILES string of the molecule is C=CCN(CC=C)C(=O)CCc1ncc(-c2ccccc2Cl)o1. The molecule has 0 radical (unpaired) electrons. The van der Waals surface area contributed by atoms with Crippen LogP contribution >= 0.6 is 11.6 Å². The predicted octanol–water partition coefficient (Wildman–Crippen LogP) is 4.13. The summed E-state index contributed by atoms with van der Waals surface area (Å²) in [6.45, 7) is 8.32. The predicted molar refractivity (Wildman–Crippen MR) is 92.2 cm³/mol. The van der Waals surface area contributed by atoms with Crippen molar-refractivity contribution in [2.24, 2.45) is 0 Å². The summed E-state index contributed by atoms with van der Waals surface area (Å²) in [7, 11) is 0. The Morgan fingerprint density at radius 1 is 1.26 bits per heavy atom. The molecule has 0 aliphatic heterocycles. The first kappa shape index (κ1) is 17.0. The highest BCUT2D eigenvalue weighted by atomic mass is 35.5. The second-order valence-electron chi connectivity index (χ2n) is 4.97. The summed E-state index contributed by atoms with van der Waals surface area (Å²) in [6, 6.07) is 7.41. The number of nitrogens with zero attached hydrogens (tertiary/aromatic N) is 2. The molecule has 0 atom stereocenters. The summed E-state index contributed by atoms with van der Waals surface area (Å²) in [4.78, 5) is 18.1. The number of amides is 1. The van der Waals surface area contributed by atoms with Crippen molar-refractivity contribution >= 4 is 17.5 Å². The van der Waals surface area contributed by atoms with Crippen LogP contribution in [0.15, 0.2) is 60.2 Å². The van der Waals surface area contributed by atoms with Crippen LogP contribution in [0.4, 0.5) is 0 Å².